The quantitative estimate of drug-likeness (QED) is 0.173. The van der Waals surface area contributed by atoms with Crippen LogP contribution in [0.5, 0.6) is 0 Å². The Balaban J connectivity index is 1.40. The fraction of sp³-hybridized carbons (Fsp3) is 0. The van der Waals surface area contributed by atoms with E-state index >= 15 is 0 Å². The highest BCUT2D eigenvalue weighted by molar-refractivity contribution is 6.43. The number of hydrogen-bond acceptors (Lipinski definition) is 4. The van der Waals surface area contributed by atoms with Crippen LogP contribution in [0.1, 0.15) is 0 Å². The van der Waals surface area contributed by atoms with Gasteiger partial charge in [-0.25, -0.2) is 4.98 Å². The molecule has 3 heterocycles. The minimum Gasteiger partial charge on any atom is -0.454 e. The molecule has 12 aromatic rings. The van der Waals surface area contributed by atoms with Gasteiger partial charge in [-0.3, -0.25) is 4.57 Å². The molecule has 0 saturated carbocycles. The van der Waals surface area contributed by atoms with Crippen molar-refractivity contribution in [2.75, 3.05) is 0 Å². The summed E-state index contributed by atoms with van der Waals surface area (Å²) >= 11 is 0. The van der Waals surface area contributed by atoms with Gasteiger partial charge in [0.2, 0.25) is 5.95 Å². The molecule has 0 aliphatic rings. The Morgan fingerprint density at radius 2 is 0.796 bits per heavy atom. The SMILES string of the molecule is c1ccc(-c2nc(-c3ccccc3)nc(-n3c4c(ccc5c6ccccc6oc54)c4c5ccccc5c5c6ccccc6c6ccccc6c5c43)n2)cc1. The summed E-state index contributed by atoms with van der Waals surface area (Å²) in [6.07, 6.45) is 0. The number of hydrogen-bond donors (Lipinski definition) is 0. The van der Waals surface area contributed by atoms with E-state index in [4.69, 9.17) is 19.4 Å². The first kappa shape index (κ1) is 29.2. The minimum absolute atomic E-state index is 0.532. The van der Waals surface area contributed by atoms with Crippen molar-refractivity contribution in [3.05, 3.63) is 170 Å². The molecule has 0 saturated heterocycles. The molecule has 0 bridgehead atoms. The van der Waals surface area contributed by atoms with Gasteiger partial charge in [-0.05, 0) is 44.5 Å². The summed E-state index contributed by atoms with van der Waals surface area (Å²) in [5, 5.41) is 13.9. The number of furan rings is 1. The van der Waals surface area contributed by atoms with Gasteiger partial charge in [0.25, 0.3) is 0 Å². The highest BCUT2D eigenvalue weighted by Gasteiger charge is 2.27. The smallest absolute Gasteiger partial charge is 0.238 e. The largest absolute Gasteiger partial charge is 0.454 e. The maximum atomic E-state index is 6.88. The van der Waals surface area contributed by atoms with Gasteiger partial charge in [0, 0.05) is 43.4 Å². The molecule has 250 valence electrons. The van der Waals surface area contributed by atoms with Crippen molar-refractivity contribution in [2.45, 2.75) is 0 Å². The molecule has 3 aromatic heterocycles. The third kappa shape index (κ3) is 4.01. The highest BCUT2D eigenvalue weighted by Crippen LogP contribution is 2.49. The van der Waals surface area contributed by atoms with Gasteiger partial charge in [-0.15, -0.1) is 0 Å². The normalized spacial score (nSPS) is 12.1. The molecule has 0 amide bonds. The summed E-state index contributed by atoms with van der Waals surface area (Å²) in [4.78, 5) is 15.8. The average molecular weight is 689 g/mol. The maximum Gasteiger partial charge on any atom is 0.238 e. The van der Waals surface area contributed by atoms with Gasteiger partial charge < -0.3 is 4.42 Å². The third-order valence-corrected chi connectivity index (χ3v) is 11.0. The number of nitrogens with zero attached hydrogens (tertiary/aromatic N) is 4. The fourth-order valence-electron chi connectivity index (χ4n) is 8.74. The number of aromatic nitrogens is 4. The van der Waals surface area contributed by atoms with Crippen LogP contribution < -0.4 is 0 Å². The van der Waals surface area contributed by atoms with Gasteiger partial charge in [0.05, 0.1) is 5.52 Å². The first-order chi connectivity index (χ1) is 26.8. The van der Waals surface area contributed by atoms with E-state index in [0.29, 0.717) is 17.6 Å². The van der Waals surface area contributed by atoms with Crippen molar-refractivity contribution < 1.29 is 4.42 Å². The zero-order chi connectivity index (χ0) is 35.3. The molecule has 5 nitrogen and oxygen atoms in total. The van der Waals surface area contributed by atoms with Crippen LogP contribution in [0.25, 0.3) is 116 Å². The second-order valence-electron chi connectivity index (χ2n) is 13.9. The van der Waals surface area contributed by atoms with Gasteiger partial charge in [-0.2, -0.15) is 9.97 Å². The van der Waals surface area contributed by atoms with Crippen LogP contribution in [0.3, 0.4) is 0 Å². The molecule has 9 aromatic carbocycles. The third-order valence-electron chi connectivity index (χ3n) is 11.0. The molecule has 0 N–H and O–H groups in total. The predicted molar refractivity (Wildman–Crippen MR) is 222 cm³/mol. The molecule has 12 rings (SSSR count). The summed E-state index contributed by atoms with van der Waals surface area (Å²) in [5.41, 5.74) is 5.44. The van der Waals surface area contributed by atoms with Crippen LogP contribution in [0.2, 0.25) is 0 Å². The Morgan fingerprint density at radius 3 is 1.41 bits per heavy atom. The van der Waals surface area contributed by atoms with Crippen molar-refractivity contribution in [1.29, 1.82) is 0 Å². The van der Waals surface area contributed by atoms with E-state index in [9.17, 15) is 0 Å². The van der Waals surface area contributed by atoms with Crippen LogP contribution in [-0.4, -0.2) is 19.5 Å². The van der Waals surface area contributed by atoms with Crippen molar-refractivity contribution in [1.82, 2.24) is 19.5 Å². The van der Waals surface area contributed by atoms with E-state index in [0.717, 1.165) is 60.3 Å². The Morgan fingerprint density at radius 1 is 0.333 bits per heavy atom. The molecular formula is C49H28N4O. The number of para-hydroxylation sites is 1. The lowest BCUT2D eigenvalue weighted by Crippen LogP contribution is -2.07. The second-order valence-corrected chi connectivity index (χ2v) is 13.9. The van der Waals surface area contributed by atoms with Crippen LogP contribution in [0, 0.1) is 0 Å². The van der Waals surface area contributed by atoms with Gasteiger partial charge in [-0.1, -0.05) is 158 Å². The average Bonchev–Trinajstić information content (AvgIpc) is 3.81. The molecule has 0 spiro atoms. The van der Waals surface area contributed by atoms with E-state index in [1.165, 1.54) is 37.7 Å². The highest BCUT2D eigenvalue weighted by atomic mass is 16.3. The molecule has 0 unspecified atom stereocenters. The summed E-state index contributed by atoms with van der Waals surface area (Å²) in [7, 11) is 0. The zero-order valence-corrected chi connectivity index (χ0v) is 28.9. The molecule has 54 heavy (non-hydrogen) atoms. The van der Waals surface area contributed by atoms with Crippen molar-refractivity contribution in [3.63, 3.8) is 0 Å². The Bertz CT molecular complexity index is 3430. The Hall–Kier alpha value is -7.37. The van der Waals surface area contributed by atoms with Gasteiger partial charge >= 0.3 is 0 Å². The molecule has 0 atom stereocenters. The van der Waals surface area contributed by atoms with Crippen molar-refractivity contribution in [2.24, 2.45) is 0 Å². The number of rotatable bonds is 3. The standard InChI is InChI=1S/C49H28N4O/c1-3-15-29(16-4-1)47-50-48(30-17-5-2-6-18-30)52-49(51-47)53-44-39(28-27-38-33-21-13-14-26-40(33)54-46(38)44)42-37-25-12-11-24-36(37)41-34-22-9-7-19-31(34)32-20-8-10-23-35(32)43(41)45(42)53/h1-28H. The van der Waals surface area contributed by atoms with E-state index in [1.54, 1.807) is 0 Å². The number of benzene rings is 9. The summed E-state index contributed by atoms with van der Waals surface area (Å²) < 4.78 is 9.15. The van der Waals surface area contributed by atoms with Crippen molar-refractivity contribution >= 4 is 86.8 Å². The van der Waals surface area contributed by atoms with Crippen molar-refractivity contribution in [3.8, 4) is 28.7 Å². The van der Waals surface area contributed by atoms with Crippen LogP contribution in [0.4, 0.5) is 0 Å². The van der Waals surface area contributed by atoms with E-state index in [2.05, 4.69) is 126 Å². The summed E-state index contributed by atoms with van der Waals surface area (Å²) in [6, 6.07) is 59.5. The minimum atomic E-state index is 0.532. The van der Waals surface area contributed by atoms with E-state index < -0.39 is 0 Å². The van der Waals surface area contributed by atoms with E-state index in [-0.39, 0.29) is 0 Å². The Labute approximate surface area is 308 Å². The first-order valence-electron chi connectivity index (χ1n) is 18.2. The molecular weight excluding hydrogens is 661 g/mol. The first-order valence-corrected chi connectivity index (χ1v) is 18.2. The summed E-state index contributed by atoms with van der Waals surface area (Å²) in [5.74, 6) is 1.74. The monoisotopic (exact) mass is 688 g/mol. The van der Waals surface area contributed by atoms with E-state index in [1.807, 2.05) is 48.5 Å². The second kappa shape index (κ2) is 11.1. The van der Waals surface area contributed by atoms with Gasteiger partial charge in [0.15, 0.2) is 17.2 Å². The maximum absolute atomic E-state index is 6.88. The molecule has 0 aliphatic heterocycles. The lowest BCUT2D eigenvalue weighted by molar-refractivity contribution is 0.670. The molecule has 5 heteroatoms. The van der Waals surface area contributed by atoms with Crippen LogP contribution in [0.15, 0.2) is 174 Å². The molecule has 0 radical (unpaired) electrons. The molecule has 0 fully saturated rings. The lowest BCUT2D eigenvalue weighted by atomic mass is 9.89. The zero-order valence-electron chi connectivity index (χ0n) is 28.9. The molecule has 0 aliphatic carbocycles. The topological polar surface area (TPSA) is 56.7 Å². The fourth-order valence-corrected chi connectivity index (χ4v) is 8.74. The number of fused-ring (bicyclic) bond motifs is 17. The van der Waals surface area contributed by atoms with Crippen LogP contribution in [-0.2, 0) is 0 Å². The van der Waals surface area contributed by atoms with Crippen LogP contribution >= 0.6 is 0 Å². The van der Waals surface area contributed by atoms with Gasteiger partial charge in [0.1, 0.15) is 11.1 Å². The lowest BCUT2D eigenvalue weighted by Gasteiger charge is -2.17. The summed E-state index contributed by atoms with van der Waals surface area (Å²) in [6.45, 7) is 0. The Kier molecular flexibility index (Phi) is 5.99. The predicted octanol–water partition coefficient (Wildman–Crippen LogP) is 12.8.